The zero-order valence-corrected chi connectivity index (χ0v) is 12.3. The van der Waals surface area contributed by atoms with Crippen molar-refractivity contribution in [2.45, 2.75) is 25.7 Å². The molecule has 0 saturated heterocycles. The summed E-state index contributed by atoms with van der Waals surface area (Å²) in [6.45, 7) is 0.897. The number of nitrogens with zero attached hydrogens (tertiary/aromatic N) is 2. The van der Waals surface area contributed by atoms with E-state index in [4.69, 9.17) is 0 Å². The van der Waals surface area contributed by atoms with Gasteiger partial charge >= 0.3 is 0 Å². The normalized spacial score (nSPS) is 27.6. The fourth-order valence-corrected chi connectivity index (χ4v) is 3.92. The lowest BCUT2D eigenvalue weighted by atomic mass is 9.88. The smallest absolute Gasteiger partial charge is 0.255 e. The topological polar surface area (TPSA) is 45.2 Å². The number of pyridine rings is 1. The zero-order valence-electron chi connectivity index (χ0n) is 12.3. The van der Waals surface area contributed by atoms with E-state index in [1.165, 1.54) is 25.7 Å². The highest BCUT2D eigenvalue weighted by molar-refractivity contribution is 5.93. The van der Waals surface area contributed by atoms with Crippen LogP contribution in [0.1, 0.15) is 36.0 Å². The van der Waals surface area contributed by atoms with Gasteiger partial charge in [0.25, 0.3) is 5.91 Å². The molecule has 1 heterocycles. The molecule has 4 nitrogen and oxygen atoms in total. The van der Waals surface area contributed by atoms with E-state index in [1.807, 2.05) is 31.1 Å². The number of rotatable bonds is 4. The Morgan fingerprint density at radius 3 is 2.80 bits per heavy atom. The van der Waals surface area contributed by atoms with Gasteiger partial charge in [-0.1, -0.05) is 6.42 Å². The number of hydrogen-bond donors (Lipinski definition) is 1. The molecular weight excluding hydrogens is 250 g/mol. The highest BCUT2D eigenvalue weighted by atomic mass is 16.2. The molecule has 2 aliphatic rings. The molecule has 108 valence electrons. The van der Waals surface area contributed by atoms with Crippen molar-refractivity contribution >= 4 is 11.7 Å². The third-order valence-electron chi connectivity index (χ3n) is 5.01. The van der Waals surface area contributed by atoms with Gasteiger partial charge < -0.3 is 10.2 Å². The Morgan fingerprint density at radius 2 is 2.25 bits per heavy atom. The van der Waals surface area contributed by atoms with Gasteiger partial charge in [-0.15, -0.1) is 0 Å². The van der Waals surface area contributed by atoms with Crippen LogP contribution in [0.25, 0.3) is 0 Å². The lowest BCUT2D eigenvalue weighted by molar-refractivity contribution is 0.0754. The highest BCUT2D eigenvalue weighted by Crippen LogP contribution is 2.48. The van der Waals surface area contributed by atoms with Crippen molar-refractivity contribution in [3.8, 4) is 0 Å². The molecule has 2 saturated carbocycles. The Morgan fingerprint density at radius 1 is 1.40 bits per heavy atom. The lowest BCUT2D eigenvalue weighted by Gasteiger charge is -2.27. The summed E-state index contributed by atoms with van der Waals surface area (Å²) in [4.78, 5) is 18.5. The lowest BCUT2D eigenvalue weighted by Crippen LogP contribution is -2.33. The van der Waals surface area contributed by atoms with Crippen molar-refractivity contribution in [1.29, 1.82) is 0 Å². The Balaban J connectivity index is 1.61. The van der Waals surface area contributed by atoms with Crippen LogP contribution < -0.4 is 5.32 Å². The Hall–Kier alpha value is -1.58. The van der Waals surface area contributed by atoms with Crippen LogP contribution in [-0.4, -0.2) is 36.4 Å². The average Bonchev–Trinajstić information content (AvgIpc) is 3.09. The third kappa shape index (κ3) is 2.51. The van der Waals surface area contributed by atoms with Gasteiger partial charge in [-0.3, -0.25) is 4.79 Å². The van der Waals surface area contributed by atoms with Crippen LogP contribution >= 0.6 is 0 Å². The summed E-state index contributed by atoms with van der Waals surface area (Å²) in [5.41, 5.74) is 0.676. The first-order valence-corrected chi connectivity index (χ1v) is 7.56. The Labute approximate surface area is 120 Å². The predicted molar refractivity (Wildman–Crippen MR) is 79.7 cm³/mol. The van der Waals surface area contributed by atoms with Crippen molar-refractivity contribution in [3.63, 3.8) is 0 Å². The molecule has 1 aromatic rings. The van der Waals surface area contributed by atoms with Gasteiger partial charge in [-0.05, 0) is 49.1 Å². The molecule has 1 amide bonds. The largest absolute Gasteiger partial charge is 0.373 e. The molecule has 2 aliphatic carbocycles. The molecule has 1 aromatic heterocycles. The number of nitrogens with one attached hydrogen (secondary N) is 1. The molecule has 3 rings (SSSR count). The third-order valence-corrected chi connectivity index (χ3v) is 5.01. The minimum absolute atomic E-state index is 0.0860. The SMILES string of the molecule is CNc1ccc(C(=O)N(C)CC2CC3CCC2C3)cn1. The summed E-state index contributed by atoms with van der Waals surface area (Å²) >= 11 is 0. The fourth-order valence-electron chi connectivity index (χ4n) is 3.92. The van der Waals surface area contributed by atoms with E-state index in [0.717, 1.165) is 24.2 Å². The number of aromatic nitrogens is 1. The first-order chi connectivity index (χ1) is 9.67. The van der Waals surface area contributed by atoms with E-state index in [-0.39, 0.29) is 5.91 Å². The van der Waals surface area contributed by atoms with Crippen molar-refractivity contribution in [1.82, 2.24) is 9.88 Å². The predicted octanol–water partition coefficient (Wildman–Crippen LogP) is 2.63. The molecule has 20 heavy (non-hydrogen) atoms. The fraction of sp³-hybridized carbons (Fsp3) is 0.625. The number of hydrogen-bond acceptors (Lipinski definition) is 3. The molecule has 2 bridgehead atoms. The summed E-state index contributed by atoms with van der Waals surface area (Å²) in [7, 11) is 3.74. The highest BCUT2D eigenvalue weighted by Gasteiger charge is 2.40. The van der Waals surface area contributed by atoms with E-state index < -0.39 is 0 Å². The van der Waals surface area contributed by atoms with Crippen molar-refractivity contribution in [2.75, 3.05) is 26.0 Å². The van der Waals surface area contributed by atoms with Gasteiger partial charge in [0, 0.05) is 26.8 Å². The van der Waals surface area contributed by atoms with Crippen LogP contribution in [0.15, 0.2) is 18.3 Å². The van der Waals surface area contributed by atoms with Crippen molar-refractivity contribution in [2.24, 2.45) is 17.8 Å². The number of fused-ring (bicyclic) bond motifs is 2. The summed E-state index contributed by atoms with van der Waals surface area (Å²) in [5, 5.41) is 2.96. The number of amides is 1. The molecule has 1 N–H and O–H groups in total. The standard InChI is InChI=1S/C16H23N3O/c1-17-15-6-5-13(9-18-15)16(20)19(2)10-14-8-11-3-4-12(14)7-11/h5-6,9,11-12,14H,3-4,7-8,10H2,1-2H3,(H,17,18). The molecule has 0 aromatic carbocycles. The Bertz CT molecular complexity index is 485. The summed E-state index contributed by atoms with van der Waals surface area (Å²) in [6.07, 6.45) is 7.15. The Kier molecular flexibility index (Phi) is 3.64. The molecule has 2 fully saturated rings. The molecule has 4 heteroatoms. The summed E-state index contributed by atoms with van der Waals surface area (Å²) in [6, 6.07) is 3.69. The van der Waals surface area contributed by atoms with Crippen molar-refractivity contribution in [3.05, 3.63) is 23.9 Å². The first-order valence-electron chi connectivity index (χ1n) is 7.56. The van der Waals surface area contributed by atoms with Crippen molar-refractivity contribution < 1.29 is 4.79 Å². The quantitative estimate of drug-likeness (QED) is 0.917. The van der Waals surface area contributed by atoms with Crippen LogP contribution in [0.3, 0.4) is 0 Å². The maximum absolute atomic E-state index is 12.4. The van der Waals surface area contributed by atoms with E-state index >= 15 is 0 Å². The van der Waals surface area contributed by atoms with Gasteiger partial charge in [0.1, 0.15) is 5.82 Å². The summed E-state index contributed by atoms with van der Waals surface area (Å²) < 4.78 is 0. The van der Waals surface area contributed by atoms with E-state index in [9.17, 15) is 4.79 Å². The van der Waals surface area contributed by atoms with Gasteiger partial charge in [-0.25, -0.2) is 4.98 Å². The second kappa shape index (κ2) is 5.43. The molecule has 0 spiro atoms. The van der Waals surface area contributed by atoms with E-state index in [2.05, 4.69) is 10.3 Å². The zero-order chi connectivity index (χ0) is 14.1. The van der Waals surface area contributed by atoms with Crippen LogP contribution in [0, 0.1) is 17.8 Å². The number of carbonyl (C=O) groups is 1. The second-order valence-electron chi connectivity index (χ2n) is 6.30. The average molecular weight is 273 g/mol. The molecule has 0 radical (unpaired) electrons. The van der Waals surface area contributed by atoms with Crippen LogP contribution in [0.4, 0.5) is 5.82 Å². The summed E-state index contributed by atoms with van der Waals surface area (Å²) in [5.74, 6) is 3.39. The maximum atomic E-state index is 12.4. The molecule has 0 aliphatic heterocycles. The number of carbonyl (C=O) groups excluding carboxylic acids is 1. The van der Waals surface area contributed by atoms with E-state index in [0.29, 0.717) is 11.5 Å². The van der Waals surface area contributed by atoms with Gasteiger partial charge in [0.15, 0.2) is 0 Å². The maximum Gasteiger partial charge on any atom is 0.255 e. The van der Waals surface area contributed by atoms with E-state index in [1.54, 1.807) is 6.20 Å². The van der Waals surface area contributed by atoms with Gasteiger partial charge in [0.05, 0.1) is 5.56 Å². The molecular formula is C16H23N3O. The first kappa shape index (κ1) is 13.4. The monoisotopic (exact) mass is 273 g/mol. The molecule has 3 atom stereocenters. The minimum atomic E-state index is 0.0860. The van der Waals surface area contributed by atoms with Crippen LogP contribution in [0.2, 0.25) is 0 Å². The minimum Gasteiger partial charge on any atom is -0.373 e. The van der Waals surface area contributed by atoms with Crippen LogP contribution in [-0.2, 0) is 0 Å². The molecule has 3 unspecified atom stereocenters. The second-order valence-corrected chi connectivity index (χ2v) is 6.30. The van der Waals surface area contributed by atoms with Gasteiger partial charge in [0.2, 0.25) is 0 Å². The van der Waals surface area contributed by atoms with Crippen LogP contribution in [0.5, 0.6) is 0 Å². The number of anilines is 1. The van der Waals surface area contributed by atoms with Gasteiger partial charge in [-0.2, -0.15) is 0 Å².